The van der Waals surface area contributed by atoms with Crippen molar-refractivity contribution < 1.29 is 9.90 Å². The summed E-state index contributed by atoms with van der Waals surface area (Å²) in [6, 6.07) is 2.03. The lowest BCUT2D eigenvalue weighted by Crippen LogP contribution is -2.45. The highest BCUT2D eigenvalue weighted by Gasteiger charge is 2.29. The summed E-state index contributed by atoms with van der Waals surface area (Å²) < 4.78 is 0. The van der Waals surface area contributed by atoms with Crippen LogP contribution in [0.15, 0.2) is 0 Å². The summed E-state index contributed by atoms with van der Waals surface area (Å²) in [5, 5.41) is 18.6. The van der Waals surface area contributed by atoms with Crippen molar-refractivity contribution in [1.29, 1.82) is 5.26 Å². The first-order valence-electron chi connectivity index (χ1n) is 5.63. The normalized spacial score (nSPS) is 13.4. The number of carbonyl (C=O) groups is 1. The summed E-state index contributed by atoms with van der Waals surface area (Å²) in [7, 11) is 0. The molecule has 0 rings (SSSR count). The molecule has 0 bridgehead atoms. The predicted molar refractivity (Wildman–Crippen MR) is 62.5 cm³/mol. The SMILES string of the molecule is CCN(CC(C)(C)O)C(=O)C(C#N)C(C)C. The van der Waals surface area contributed by atoms with Crippen LogP contribution in [0.4, 0.5) is 0 Å². The number of nitrogens with zero attached hydrogens (tertiary/aromatic N) is 2. The summed E-state index contributed by atoms with van der Waals surface area (Å²) in [6.07, 6.45) is 0. The van der Waals surface area contributed by atoms with Crippen LogP contribution in [0.5, 0.6) is 0 Å². The van der Waals surface area contributed by atoms with E-state index in [1.807, 2.05) is 26.8 Å². The van der Waals surface area contributed by atoms with Crippen LogP contribution in [0.2, 0.25) is 0 Å². The van der Waals surface area contributed by atoms with E-state index in [-0.39, 0.29) is 18.4 Å². The highest BCUT2D eigenvalue weighted by molar-refractivity contribution is 5.81. The zero-order valence-electron chi connectivity index (χ0n) is 10.8. The lowest BCUT2D eigenvalue weighted by molar-refractivity contribution is -0.137. The van der Waals surface area contributed by atoms with Gasteiger partial charge >= 0.3 is 0 Å². The van der Waals surface area contributed by atoms with Crippen LogP contribution in [0, 0.1) is 23.2 Å². The molecule has 0 aliphatic rings. The van der Waals surface area contributed by atoms with E-state index in [9.17, 15) is 9.90 Å². The zero-order valence-corrected chi connectivity index (χ0v) is 10.8. The van der Waals surface area contributed by atoms with Gasteiger partial charge in [-0.1, -0.05) is 13.8 Å². The Morgan fingerprint density at radius 2 is 2.00 bits per heavy atom. The Morgan fingerprint density at radius 3 is 2.25 bits per heavy atom. The van der Waals surface area contributed by atoms with Gasteiger partial charge < -0.3 is 10.0 Å². The molecule has 1 atom stereocenters. The molecule has 0 saturated heterocycles. The number of aliphatic hydroxyl groups is 1. The Kier molecular flexibility index (Phi) is 5.46. The van der Waals surface area contributed by atoms with Crippen molar-refractivity contribution in [1.82, 2.24) is 4.90 Å². The Morgan fingerprint density at radius 1 is 1.50 bits per heavy atom. The minimum absolute atomic E-state index is 0.00615. The van der Waals surface area contributed by atoms with E-state index < -0.39 is 11.5 Å². The first-order valence-corrected chi connectivity index (χ1v) is 5.63. The van der Waals surface area contributed by atoms with Gasteiger partial charge in [-0.2, -0.15) is 5.26 Å². The minimum Gasteiger partial charge on any atom is -0.389 e. The van der Waals surface area contributed by atoms with E-state index >= 15 is 0 Å². The van der Waals surface area contributed by atoms with Gasteiger partial charge in [-0.05, 0) is 26.7 Å². The first kappa shape index (κ1) is 14.9. The van der Waals surface area contributed by atoms with Gasteiger partial charge in [-0.3, -0.25) is 4.79 Å². The quantitative estimate of drug-likeness (QED) is 0.770. The number of hydrogen-bond donors (Lipinski definition) is 1. The molecular formula is C12H22N2O2. The lowest BCUT2D eigenvalue weighted by atomic mass is 9.95. The molecule has 1 amide bonds. The second-order valence-electron chi connectivity index (χ2n) is 5.02. The van der Waals surface area contributed by atoms with E-state index in [0.29, 0.717) is 6.54 Å². The lowest BCUT2D eigenvalue weighted by Gasteiger charge is -2.30. The fourth-order valence-electron chi connectivity index (χ4n) is 1.50. The van der Waals surface area contributed by atoms with Crippen LogP contribution in [0.25, 0.3) is 0 Å². The molecular weight excluding hydrogens is 204 g/mol. The summed E-state index contributed by atoms with van der Waals surface area (Å²) in [4.78, 5) is 13.6. The molecule has 0 aromatic rings. The Bertz CT molecular complexity index is 274. The molecule has 92 valence electrons. The number of rotatable bonds is 5. The van der Waals surface area contributed by atoms with Gasteiger partial charge in [-0.15, -0.1) is 0 Å². The number of likely N-dealkylation sites (N-methyl/N-ethyl adjacent to an activating group) is 1. The van der Waals surface area contributed by atoms with Crippen molar-refractivity contribution in [2.24, 2.45) is 11.8 Å². The molecule has 0 aliphatic carbocycles. The Balaban J connectivity index is 4.72. The van der Waals surface area contributed by atoms with Crippen LogP contribution < -0.4 is 0 Å². The molecule has 4 nitrogen and oxygen atoms in total. The van der Waals surface area contributed by atoms with E-state index in [2.05, 4.69) is 0 Å². The second-order valence-corrected chi connectivity index (χ2v) is 5.02. The largest absolute Gasteiger partial charge is 0.389 e. The molecule has 16 heavy (non-hydrogen) atoms. The van der Waals surface area contributed by atoms with E-state index in [0.717, 1.165) is 0 Å². The van der Waals surface area contributed by atoms with E-state index in [1.165, 1.54) is 4.90 Å². The van der Waals surface area contributed by atoms with E-state index in [1.54, 1.807) is 13.8 Å². The van der Waals surface area contributed by atoms with Crippen LogP contribution in [0.3, 0.4) is 0 Å². The van der Waals surface area contributed by atoms with Crippen LogP contribution in [-0.2, 0) is 4.79 Å². The highest BCUT2D eigenvalue weighted by Crippen LogP contribution is 2.15. The number of nitriles is 1. The smallest absolute Gasteiger partial charge is 0.240 e. The third-order valence-electron chi connectivity index (χ3n) is 2.34. The van der Waals surface area contributed by atoms with Gasteiger partial charge in [0.05, 0.1) is 11.7 Å². The number of carbonyl (C=O) groups excluding carboxylic acids is 1. The fraction of sp³-hybridized carbons (Fsp3) is 0.833. The molecule has 0 saturated carbocycles. The van der Waals surface area contributed by atoms with Gasteiger partial charge in [0.25, 0.3) is 0 Å². The van der Waals surface area contributed by atoms with Crippen LogP contribution >= 0.6 is 0 Å². The molecule has 0 spiro atoms. The maximum atomic E-state index is 12.0. The second kappa shape index (κ2) is 5.86. The summed E-state index contributed by atoms with van der Waals surface area (Å²) in [5.41, 5.74) is -0.928. The first-order chi connectivity index (χ1) is 7.22. The molecule has 0 aromatic carbocycles. The molecule has 0 heterocycles. The van der Waals surface area contributed by atoms with Crippen molar-refractivity contribution in [2.45, 2.75) is 40.2 Å². The fourth-order valence-corrected chi connectivity index (χ4v) is 1.50. The topological polar surface area (TPSA) is 64.3 Å². The maximum absolute atomic E-state index is 12.0. The average molecular weight is 226 g/mol. The molecule has 4 heteroatoms. The van der Waals surface area contributed by atoms with Gasteiger partial charge in [0.1, 0.15) is 5.92 Å². The average Bonchev–Trinajstić information content (AvgIpc) is 2.13. The van der Waals surface area contributed by atoms with Crippen molar-refractivity contribution in [3.05, 3.63) is 0 Å². The Hall–Kier alpha value is -1.08. The molecule has 0 fully saturated rings. The van der Waals surface area contributed by atoms with Gasteiger partial charge in [0.2, 0.25) is 5.91 Å². The minimum atomic E-state index is -0.928. The number of amides is 1. The van der Waals surface area contributed by atoms with Gasteiger partial charge in [0, 0.05) is 13.1 Å². The molecule has 0 aromatic heterocycles. The zero-order chi connectivity index (χ0) is 12.9. The third-order valence-corrected chi connectivity index (χ3v) is 2.34. The number of hydrogen-bond acceptors (Lipinski definition) is 3. The monoisotopic (exact) mass is 226 g/mol. The van der Waals surface area contributed by atoms with Crippen molar-refractivity contribution >= 4 is 5.91 Å². The van der Waals surface area contributed by atoms with Gasteiger partial charge in [-0.25, -0.2) is 0 Å². The summed E-state index contributed by atoms with van der Waals surface area (Å²) in [5.74, 6) is -0.821. The van der Waals surface area contributed by atoms with Crippen molar-refractivity contribution in [2.75, 3.05) is 13.1 Å². The molecule has 1 N–H and O–H groups in total. The van der Waals surface area contributed by atoms with Crippen LogP contribution in [0.1, 0.15) is 34.6 Å². The third kappa shape index (κ3) is 4.63. The summed E-state index contributed by atoms with van der Waals surface area (Å²) in [6.45, 7) is 9.62. The molecule has 1 unspecified atom stereocenters. The molecule has 0 aliphatic heterocycles. The van der Waals surface area contributed by atoms with Crippen molar-refractivity contribution in [3.63, 3.8) is 0 Å². The highest BCUT2D eigenvalue weighted by atomic mass is 16.3. The molecule has 0 radical (unpaired) electrons. The standard InChI is InChI=1S/C12H22N2O2/c1-6-14(8-12(4,5)16)11(15)10(7-13)9(2)3/h9-10,16H,6,8H2,1-5H3. The van der Waals surface area contributed by atoms with Crippen molar-refractivity contribution in [3.8, 4) is 6.07 Å². The maximum Gasteiger partial charge on any atom is 0.240 e. The Labute approximate surface area is 97.9 Å². The predicted octanol–water partition coefficient (Wildman–Crippen LogP) is 1.40. The van der Waals surface area contributed by atoms with Crippen LogP contribution in [-0.4, -0.2) is 34.6 Å². The summed E-state index contributed by atoms with van der Waals surface area (Å²) >= 11 is 0. The van der Waals surface area contributed by atoms with Gasteiger partial charge in [0.15, 0.2) is 0 Å². The van der Waals surface area contributed by atoms with E-state index in [4.69, 9.17) is 5.26 Å².